The molecular weight excluding hydrogens is 611 g/mol. The molecule has 0 saturated carbocycles. The highest BCUT2D eigenvalue weighted by molar-refractivity contribution is 7.47. The summed E-state index contributed by atoms with van der Waals surface area (Å²) < 4.78 is 32.5. The summed E-state index contributed by atoms with van der Waals surface area (Å²) >= 11 is 0. The van der Waals surface area contributed by atoms with Crippen LogP contribution in [0.3, 0.4) is 0 Å². The van der Waals surface area contributed by atoms with Gasteiger partial charge in [-0.05, 0) is 12.8 Å². The third-order valence-electron chi connectivity index (χ3n) is 8.01. The van der Waals surface area contributed by atoms with Crippen LogP contribution < -0.4 is 0 Å². The number of hydrogen-bond donors (Lipinski definition) is 3. The number of aliphatic hydroxyl groups excluding tert-OH is 2. The van der Waals surface area contributed by atoms with E-state index < -0.39 is 51.8 Å². The molecule has 11 heteroatoms. The number of aliphatic hydroxyl groups is 2. The van der Waals surface area contributed by atoms with Crippen molar-refractivity contribution < 1.29 is 47.8 Å². The molecule has 0 fully saturated rings. The smallest absolute Gasteiger partial charge is 0.462 e. The van der Waals surface area contributed by atoms with Crippen LogP contribution in [0.5, 0.6) is 0 Å². The number of unbranched alkanes of at least 4 members (excludes halogenated alkanes) is 21. The third-order valence-corrected chi connectivity index (χ3v) is 8.96. The second-order valence-electron chi connectivity index (χ2n) is 12.6. The van der Waals surface area contributed by atoms with Gasteiger partial charge in [0.2, 0.25) is 0 Å². The molecule has 0 radical (unpaired) electrons. The van der Waals surface area contributed by atoms with Crippen molar-refractivity contribution in [1.29, 1.82) is 0 Å². The molecule has 3 N–H and O–H groups in total. The number of rotatable bonds is 35. The highest BCUT2D eigenvalue weighted by Crippen LogP contribution is 2.43. The first kappa shape index (κ1) is 45.0. The molecule has 0 heterocycles. The minimum atomic E-state index is -4.60. The third kappa shape index (κ3) is 31.6. The SMILES string of the molecule is CCCCCCCCCCCCCCCCCC(=O)OC(COC(=O)CCCCCCCCCC)COP(=O)(O)OCC(O)CO. The molecule has 0 aromatic rings. The molecule has 0 saturated heterocycles. The fraction of sp³-hybridized carbons (Fsp3) is 0.943. The van der Waals surface area contributed by atoms with Crippen LogP contribution in [0.25, 0.3) is 0 Å². The summed E-state index contributed by atoms with van der Waals surface area (Å²) in [4.78, 5) is 34.6. The van der Waals surface area contributed by atoms with E-state index in [4.69, 9.17) is 19.1 Å². The van der Waals surface area contributed by atoms with Crippen molar-refractivity contribution in [3.63, 3.8) is 0 Å². The number of phosphoric ester groups is 1. The van der Waals surface area contributed by atoms with Crippen molar-refractivity contribution in [3.05, 3.63) is 0 Å². The molecule has 3 atom stereocenters. The van der Waals surface area contributed by atoms with Gasteiger partial charge in [0.15, 0.2) is 6.10 Å². The van der Waals surface area contributed by atoms with Crippen LogP contribution in [0, 0.1) is 0 Å². The molecule has 0 aliphatic carbocycles. The van der Waals surface area contributed by atoms with Gasteiger partial charge in [0, 0.05) is 12.8 Å². The normalized spacial score (nSPS) is 14.1. The zero-order valence-corrected chi connectivity index (χ0v) is 30.2. The number of ether oxygens (including phenoxy) is 2. The average Bonchev–Trinajstić information content (AvgIpc) is 3.04. The first-order valence-electron chi connectivity index (χ1n) is 18.5. The summed E-state index contributed by atoms with van der Waals surface area (Å²) in [6, 6.07) is 0. The Labute approximate surface area is 280 Å². The van der Waals surface area contributed by atoms with Gasteiger partial charge in [-0.25, -0.2) is 4.57 Å². The molecule has 0 amide bonds. The predicted molar refractivity (Wildman–Crippen MR) is 182 cm³/mol. The van der Waals surface area contributed by atoms with Gasteiger partial charge in [-0.15, -0.1) is 0 Å². The van der Waals surface area contributed by atoms with E-state index in [9.17, 15) is 24.2 Å². The topological polar surface area (TPSA) is 149 Å². The maximum Gasteiger partial charge on any atom is 0.472 e. The molecule has 3 unspecified atom stereocenters. The Morgan fingerprint density at radius 1 is 0.565 bits per heavy atom. The molecule has 0 aliphatic heterocycles. The Kier molecular flexibility index (Phi) is 31.8. The molecule has 0 rings (SSSR count). The van der Waals surface area contributed by atoms with Gasteiger partial charge in [-0.2, -0.15) is 0 Å². The fourth-order valence-corrected chi connectivity index (χ4v) is 5.90. The zero-order valence-electron chi connectivity index (χ0n) is 29.3. The predicted octanol–water partition coefficient (Wildman–Crippen LogP) is 8.72. The van der Waals surface area contributed by atoms with Crippen molar-refractivity contribution in [1.82, 2.24) is 0 Å². The molecule has 10 nitrogen and oxygen atoms in total. The Hall–Kier alpha value is -1.03. The van der Waals surface area contributed by atoms with E-state index >= 15 is 0 Å². The lowest BCUT2D eigenvalue weighted by Crippen LogP contribution is -2.29. The van der Waals surface area contributed by atoms with Crippen LogP contribution in [0.4, 0.5) is 0 Å². The van der Waals surface area contributed by atoms with E-state index in [1.165, 1.54) is 96.3 Å². The molecule has 0 aromatic carbocycles. The average molecular weight is 681 g/mol. The van der Waals surface area contributed by atoms with Crippen LogP contribution in [0.15, 0.2) is 0 Å². The monoisotopic (exact) mass is 680 g/mol. The summed E-state index contributed by atoms with van der Waals surface area (Å²) in [5, 5.41) is 18.2. The molecule has 0 spiro atoms. The van der Waals surface area contributed by atoms with E-state index in [-0.39, 0.29) is 19.4 Å². The second kappa shape index (κ2) is 32.5. The van der Waals surface area contributed by atoms with Crippen LogP contribution in [-0.4, -0.2) is 65.7 Å². The maximum atomic E-state index is 12.5. The van der Waals surface area contributed by atoms with Crippen molar-refractivity contribution in [3.8, 4) is 0 Å². The maximum absolute atomic E-state index is 12.5. The fourth-order valence-electron chi connectivity index (χ4n) is 5.11. The van der Waals surface area contributed by atoms with E-state index in [0.29, 0.717) is 12.8 Å². The quantitative estimate of drug-likeness (QED) is 0.0337. The Morgan fingerprint density at radius 2 is 0.935 bits per heavy atom. The number of carbonyl (C=O) groups excluding carboxylic acids is 2. The summed E-state index contributed by atoms with van der Waals surface area (Å²) in [6.45, 7) is 2.35. The van der Waals surface area contributed by atoms with Gasteiger partial charge in [-0.3, -0.25) is 18.6 Å². The highest BCUT2D eigenvalue weighted by atomic mass is 31.2. The first-order valence-corrected chi connectivity index (χ1v) is 20.0. The Morgan fingerprint density at radius 3 is 1.35 bits per heavy atom. The van der Waals surface area contributed by atoms with E-state index in [2.05, 4.69) is 18.4 Å². The number of hydrogen-bond acceptors (Lipinski definition) is 9. The van der Waals surface area contributed by atoms with Gasteiger partial charge >= 0.3 is 19.8 Å². The standard InChI is InChI=1S/C35H69O10P/c1-3-5-7-9-11-13-14-15-16-17-18-19-21-23-25-27-35(39)45-33(31-44-46(40,41)43-29-32(37)28-36)30-42-34(38)26-24-22-20-12-10-8-6-4-2/h32-33,36-37H,3-31H2,1-2H3,(H,40,41). The van der Waals surface area contributed by atoms with Gasteiger partial charge < -0.3 is 24.6 Å². The van der Waals surface area contributed by atoms with Gasteiger partial charge in [0.05, 0.1) is 19.8 Å². The first-order chi connectivity index (χ1) is 22.2. The molecule has 0 bridgehead atoms. The lowest BCUT2D eigenvalue weighted by atomic mass is 10.0. The van der Waals surface area contributed by atoms with Crippen LogP contribution in [-0.2, 0) is 32.7 Å². The summed E-state index contributed by atoms with van der Waals surface area (Å²) in [5.74, 6) is -0.921. The molecule has 0 aromatic heterocycles. The molecule has 274 valence electrons. The van der Waals surface area contributed by atoms with Crippen LogP contribution in [0.2, 0.25) is 0 Å². The Balaban J connectivity index is 4.31. The van der Waals surface area contributed by atoms with E-state index in [1.807, 2.05) is 0 Å². The van der Waals surface area contributed by atoms with Crippen molar-refractivity contribution >= 4 is 19.8 Å². The lowest BCUT2D eigenvalue weighted by Gasteiger charge is -2.20. The van der Waals surface area contributed by atoms with Gasteiger partial charge in [0.25, 0.3) is 0 Å². The largest absolute Gasteiger partial charge is 0.472 e. The van der Waals surface area contributed by atoms with Crippen molar-refractivity contribution in [2.24, 2.45) is 0 Å². The molecule has 0 aliphatic rings. The summed E-state index contributed by atoms with van der Waals surface area (Å²) in [6.07, 6.45) is 25.1. The number of esters is 2. The van der Waals surface area contributed by atoms with Gasteiger partial charge in [0.1, 0.15) is 12.7 Å². The van der Waals surface area contributed by atoms with Crippen LogP contribution in [0.1, 0.15) is 174 Å². The Bertz CT molecular complexity index is 751. The van der Waals surface area contributed by atoms with Crippen LogP contribution >= 0.6 is 7.82 Å². The molecular formula is C35H69O10P. The van der Waals surface area contributed by atoms with E-state index in [1.54, 1.807) is 0 Å². The minimum absolute atomic E-state index is 0.191. The number of phosphoric acid groups is 1. The minimum Gasteiger partial charge on any atom is -0.462 e. The lowest BCUT2D eigenvalue weighted by molar-refractivity contribution is -0.161. The van der Waals surface area contributed by atoms with E-state index in [0.717, 1.165) is 38.5 Å². The summed E-state index contributed by atoms with van der Waals surface area (Å²) in [7, 11) is -4.60. The molecule has 46 heavy (non-hydrogen) atoms. The highest BCUT2D eigenvalue weighted by Gasteiger charge is 2.27. The number of carbonyl (C=O) groups is 2. The second-order valence-corrected chi connectivity index (χ2v) is 14.1. The van der Waals surface area contributed by atoms with Crippen molar-refractivity contribution in [2.45, 2.75) is 187 Å². The summed E-state index contributed by atoms with van der Waals surface area (Å²) in [5.41, 5.74) is 0. The van der Waals surface area contributed by atoms with Crippen molar-refractivity contribution in [2.75, 3.05) is 26.4 Å². The zero-order chi connectivity index (χ0) is 34.1. The van der Waals surface area contributed by atoms with Gasteiger partial charge in [-0.1, -0.05) is 149 Å².